The molecule has 0 spiro atoms. The van der Waals surface area contributed by atoms with E-state index in [1.807, 2.05) is 18.2 Å². The normalized spacial score (nSPS) is 19.6. The Balaban J connectivity index is 1.96. The molecule has 1 unspecified atom stereocenters. The summed E-state index contributed by atoms with van der Waals surface area (Å²) in [6.07, 6.45) is 2.69. The molecule has 1 aromatic rings. The van der Waals surface area contributed by atoms with Gasteiger partial charge in [-0.15, -0.1) is 0 Å². The predicted octanol–water partition coefficient (Wildman–Crippen LogP) is 3.05. The SMILES string of the molecule is CC1(CNC(CC#N)c2ccccc2)CCOCC1. The second-order valence-corrected chi connectivity index (χ2v) is 5.63. The minimum Gasteiger partial charge on any atom is -0.381 e. The lowest BCUT2D eigenvalue weighted by molar-refractivity contribution is 0.0229. The Labute approximate surface area is 115 Å². The molecule has 1 aliphatic rings. The van der Waals surface area contributed by atoms with Crippen molar-refractivity contribution in [3.05, 3.63) is 35.9 Å². The molecule has 0 radical (unpaired) electrons. The molecule has 0 bridgehead atoms. The molecular weight excluding hydrogens is 236 g/mol. The third kappa shape index (κ3) is 4.05. The first kappa shape index (κ1) is 14.0. The average molecular weight is 258 g/mol. The number of benzene rings is 1. The van der Waals surface area contributed by atoms with Gasteiger partial charge in [-0.2, -0.15) is 5.26 Å². The van der Waals surface area contributed by atoms with Crippen molar-refractivity contribution >= 4 is 0 Å². The van der Waals surface area contributed by atoms with Crippen LogP contribution in [0.25, 0.3) is 0 Å². The summed E-state index contributed by atoms with van der Waals surface area (Å²) < 4.78 is 5.42. The van der Waals surface area contributed by atoms with Gasteiger partial charge in [0.1, 0.15) is 0 Å². The highest BCUT2D eigenvalue weighted by atomic mass is 16.5. The van der Waals surface area contributed by atoms with E-state index in [0.29, 0.717) is 11.8 Å². The Morgan fingerprint density at radius 2 is 2.00 bits per heavy atom. The van der Waals surface area contributed by atoms with Crippen molar-refractivity contribution in [1.29, 1.82) is 5.26 Å². The van der Waals surface area contributed by atoms with Gasteiger partial charge in [0.2, 0.25) is 0 Å². The van der Waals surface area contributed by atoms with Crippen LogP contribution >= 0.6 is 0 Å². The number of nitrogens with zero attached hydrogens (tertiary/aromatic N) is 1. The summed E-state index contributed by atoms with van der Waals surface area (Å²) in [5, 5.41) is 12.6. The molecule has 0 aliphatic carbocycles. The number of nitrogens with one attached hydrogen (secondary N) is 1. The van der Waals surface area contributed by atoms with Gasteiger partial charge in [-0.25, -0.2) is 0 Å². The molecule has 3 heteroatoms. The topological polar surface area (TPSA) is 45.0 Å². The molecule has 1 atom stereocenters. The van der Waals surface area contributed by atoms with Crippen LogP contribution < -0.4 is 5.32 Å². The van der Waals surface area contributed by atoms with Crippen LogP contribution in [0.2, 0.25) is 0 Å². The van der Waals surface area contributed by atoms with E-state index in [0.717, 1.165) is 32.6 Å². The largest absolute Gasteiger partial charge is 0.381 e. The van der Waals surface area contributed by atoms with Crippen molar-refractivity contribution in [3.63, 3.8) is 0 Å². The van der Waals surface area contributed by atoms with Crippen molar-refractivity contribution in [2.24, 2.45) is 5.41 Å². The van der Waals surface area contributed by atoms with Crippen LogP contribution in [0.15, 0.2) is 30.3 Å². The minimum absolute atomic E-state index is 0.130. The van der Waals surface area contributed by atoms with Crippen molar-refractivity contribution in [1.82, 2.24) is 5.32 Å². The minimum atomic E-state index is 0.130. The molecule has 1 saturated heterocycles. The fraction of sp³-hybridized carbons (Fsp3) is 0.562. The van der Waals surface area contributed by atoms with Gasteiger partial charge in [-0.05, 0) is 23.8 Å². The fourth-order valence-corrected chi connectivity index (χ4v) is 2.50. The zero-order valence-corrected chi connectivity index (χ0v) is 11.6. The molecule has 0 amide bonds. The molecule has 2 rings (SSSR count). The average Bonchev–Trinajstić information content (AvgIpc) is 2.45. The number of ether oxygens (including phenoxy) is 1. The first-order chi connectivity index (χ1) is 9.23. The van der Waals surface area contributed by atoms with Gasteiger partial charge in [0.05, 0.1) is 12.5 Å². The van der Waals surface area contributed by atoms with Crippen molar-refractivity contribution in [3.8, 4) is 6.07 Å². The van der Waals surface area contributed by atoms with Gasteiger partial charge in [-0.1, -0.05) is 37.3 Å². The van der Waals surface area contributed by atoms with Gasteiger partial charge in [0, 0.05) is 25.8 Å². The quantitative estimate of drug-likeness (QED) is 0.883. The van der Waals surface area contributed by atoms with E-state index in [9.17, 15) is 0 Å². The Kier molecular flexibility index (Phi) is 4.95. The van der Waals surface area contributed by atoms with Gasteiger partial charge in [0.25, 0.3) is 0 Å². The summed E-state index contributed by atoms with van der Waals surface area (Å²) >= 11 is 0. The standard InChI is InChI=1S/C16H22N2O/c1-16(8-11-19-12-9-16)13-18-15(7-10-17)14-5-3-2-4-6-14/h2-6,15,18H,7-9,11-13H2,1H3. The molecule has 1 N–H and O–H groups in total. The maximum absolute atomic E-state index is 8.99. The summed E-state index contributed by atoms with van der Waals surface area (Å²) in [6.45, 7) is 4.95. The van der Waals surface area contributed by atoms with Crippen LogP contribution in [0.3, 0.4) is 0 Å². The smallest absolute Gasteiger partial charge is 0.0641 e. The zero-order chi connectivity index (χ0) is 13.6. The second-order valence-electron chi connectivity index (χ2n) is 5.63. The maximum Gasteiger partial charge on any atom is 0.0641 e. The van der Waals surface area contributed by atoms with Crippen LogP contribution in [0, 0.1) is 16.7 Å². The number of rotatable bonds is 5. The molecule has 102 valence electrons. The van der Waals surface area contributed by atoms with Gasteiger partial charge >= 0.3 is 0 Å². The molecule has 1 aromatic carbocycles. The highest BCUT2D eigenvalue weighted by Gasteiger charge is 2.28. The van der Waals surface area contributed by atoms with Crippen molar-refractivity contribution in [2.75, 3.05) is 19.8 Å². The Morgan fingerprint density at radius 3 is 2.63 bits per heavy atom. The van der Waals surface area contributed by atoms with E-state index in [4.69, 9.17) is 10.00 Å². The summed E-state index contributed by atoms with van der Waals surface area (Å²) in [5.41, 5.74) is 1.49. The lowest BCUT2D eigenvalue weighted by atomic mass is 9.82. The van der Waals surface area contributed by atoms with E-state index < -0.39 is 0 Å². The van der Waals surface area contributed by atoms with Gasteiger partial charge in [0.15, 0.2) is 0 Å². The Hall–Kier alpha value is -1.37. The summed E-state index contributed by atoms with van der Waals surface area (Å²) in [6, 6.07) is 12.6. The Morgan fingerprint density at radius 1 is 1.32 bits per heavy atom. The molecule has 0 aromatic heterocycles. The Bertz CT molecular complexity index is 418. The van der Waals surface area contributed by atoms with Crippen LogP contribution in [0.5, 0.6) is 0 Å². The number of nitriles is 1. The van der Waals surface area contributed by atoms with Gasteiger partial charge < -0.3 is 10.1 Å². The molecular formula is C16H22N2O. The zero-order valence-electron chi connectivity index (χ0n) is 11.6. The van der Waals surface area contributed by atoms with E-state index in [-0.39, 0.29) is 6.04 Å². The highest BCUT2D eigenvalue weighted by Crippen LogP contribution is 2.30. The first-order valence-corrected chi connectivity index (χ1v) is 6.97. The van der Waals surface area contributed by atoms with Crippen molar-refractivity contribution < 1.29 is 4.74 Å². The first-order valence-electron chi connectivity index (χ1n) is 6.97. The number of hydrogen-bond acceptors (Lipinski definition) is 3. The monoisotopic (exact) mass is 258 g/mol. The maximum atomic E-state index is 8.99. The van der Waals surface area contributed by atoms with Gasteiger partial charge in [-0.3, -0.25) is 0 Å². The highest BCUT2D eigenvalue weighted by molar-refractivity contribution is 5.20. The predicted molar refractivity (Wildman–Crippen MR) is 75.6 cm³/mol. The summed E-state index contributed by atoms with van der Waals surface area (Å²) in [5.74, 6) is 0. The van der Waals surface area contributed by atoms with Crippen molar-refractivity contribution in [2.45, 2.75) is 32.2 Å². The van der Waals surface area contributed by atoms with E-state index in [1.54, 1.807) is 0 Å². The lowest BCUT2D eigenvalue weighted by Crippen LogP contribution is -2.38. The molecule has 1 fully saturated rings. The summed E-state index contributed by atoms with van der Waals surface area (Å²) in [4.78, 5) is 0. The van der Waals surface area contributed by atoms with E-state index in [1.165, 1.54) is 5.56 Å². The van der Waals surface area contributed by atoms with Crippen LogP contribution in [0.1, 0.15) is 37.8 Å². The number of hydrogen-bond donors (Lipinski definition) is 1. The third-order valence-corrected chi connectivity index (χ3v) is 3.97. The third-order valence-electron chi connectivity index (χ3n) is 3.97. The molecule has 19 heavy (non-hydrogen) atoms. The molecule has 0 saturated carbocycles. The van der Waals surface area contributed by atoms with Crippen LogP contribution in [-0.2, 0) is 4.74 Å². The summed E-state index contributed by atoms with van der Waals surface area (Å²) in [7, 11) is 0. The van der Waals surface area contributed by atoms with E-state index >= 15 is 0 Å². The molecule has 1 aliphatic heterocycles. The molecule has 3 nitrogen and oxygen atoms in total. The van der Waals surface area contributed by atoms with Crippen LogP contribution in [0.4, 0.5) is 0 Å². The van der Waals surface area contributed by atoms with Crippen LogP contribution in [-0.4, -0.2) is 19.8 Å². The van der Waals surface area contributed by atoms with E-state index in [2.05, 4.69) is 30.4 Å². The second kappa shape index (κ2) is 6.70. The lowest BCUT2D eigenvalue weighted by Gasteiger charge is -2.35. The fourth-order valence-electron chi connectivity index (χ4n) is 2.50. The molecule has 1 heterocycles.